The third-order valence-corrected chi connectivity index (χ3v) is 3.14. The van der Waals surface area contributed by atoms with Gasteiger partial charge >= 0.3 is 0 Å². The van der Waals surface area contributed by atoms with Gasteiger partial charge in [-0.1, -0.05) is 12.1 Å². The van der Waals surface area contributed by atoms with Gasteiger partial charge in [-0.25, -0.2) is 0 Å². The number of allylic oxidation sites excluding steroid dienone is 1. The van der Waals surface area contributed by atoms with Crippen LogP contribution < -0.4 is 0 Å². The maximum atomic E-state index is 11.9. The van der Waals surface area contributed by atoms with Crippen molar-refractivity contribution in [3.63, 3.8) is 0 Å². The lowest BCUT2D eigenvalue weighted by Gasteiger charge is -2.31. The number of nitrogens with zero attached hydrogens (tertiary/aromatic N) is 2. The third kappa shape index (κ3) is 3.11. The van der Waals surface area contributed by atoms with Crippen molar-refractivity contribution in [2.45, 2.75) is 0 Å². The highest BCUT2D eigenvalue weighted by atomic mass is 16.3. The molecule has 1 aromatic rings. The number of hydrogen-bond donors (Lipinski definition) is 1. The SMILES string of the molecule is CN1CCN(/C=C/C(=O)c2ccccc2O)CC1. The number of carbonyl (C=O) groups is 1. The van der Waals surface area contributed by atoms with Gasteiger partial charge in [0.2, 0.25) is 0 Å². The average Bonchev–Trinajstić information content (AvgIpc) is 2.38. The molecule has 0 saturated carbocycles. The number of phenols is 1. The molecule has 4 heteroatoms. The lowest BCUT2D eigenvalue weighted by molar-refractivity contribution is 0.104. The second-order valence-corrected chi connectivity index (χ2v) is 4.54. The summed E-state index contributed by atoms with van der Waals surface area (Å²) in [6.07, 6.45) is 3.35. The molecule has 1 aliphatic heterocycles. The Morgan fingerprint density at radius 2 is 1.89 bits per heavy atom. The fraction of sp³-hybridized carbons (Fsp3) is 0.357. The van der Waals surface area contributed by atoms with Gasteiger partial charge in [-0.2, -0.15) is 0 Å². The van der Waals surface area contributed by atoms with Crippen LogP contribution in [0.5, 0.6) is 5.75 Å². The molecule has 18 heavy (non-hydrogen) atoms. The first-order chi connectivity index (χ1) is 8.66. The van der Waals surface area contributed by atoms with Crippen LogP contribution in [0, 0.1) is 0 Å². The van der Waals surface area contributed by atoms with Crippen LogP contribution in [0.4, 0.5) is 0 Å². The van der Waals surface area contributed by atoms with E-state index in [1.54, 1.807) is 18.2 Å². The minimum atomic E-state index is -0.160. The Bertz CT molecular complexity index is 449. The van der Waals surface area contributed by atoms with Crippen LogP contribution in [0.1, 0.15) is 10.4 Å². The fourth-order valence-corrected chi connectivity index (χ4v) is 1.92. The summed E-state index contributed by atoms with van der Waals surface area (Å²) in [7, 11) is 2.09. The average molecular weight is 246 g/mol. The number of rotatable bonds is 3. The summed E-state index contributed by atoms with van der Waals surface area (Å²) in [6.45, 7) is 3.88. The van der Waals surface area contributed by atoms with Gasteiger partial charge in [0.1, 0.15) is 5.75 Å². The molecule has 0 bridgehead atoms. The number of carbonyl (C=O) groups excluding carboxylic acids is 1. The van der Waals surface area contributed by atoms with E-state index in [4.69, 9.17) is 0 Å². The van der Waals surface area contributed by atoms with Gasteiger partial charge in [0.25, 0.3) is 0 Å². The lowest BCUT2D eigenvalue weighted by atomic mass is 10.1. The van der Waals surface area contributed by atoms with Crippen molar-refractivity contribution < 1.29 is 9.90 Å². The van der Waals surface area contributed by atoms with Gasteiger partial charge in [0.05, 0.1) is 5.56 Å². The molecular formula is C14H18N2O2. The smallest absolute Gasteiger partial charge is 0.190 e. The van der Waals surface area contributed by atoms with Crippen LogP contribution in [0.2, 0.25) is 0 Å². The summed E-state index contributed by atoms with van der Waals surface area (Å²) in [5.41, 5.74) is 0.350. The zero-order valence-electron chi connectivity index (χ0n) is 10.5. The van der Waals surface area contributed by atoms with Gasteiger partial charge in [-0.15, -0.1) is 0 Å². The number of hydrogen-bond acceptors (Lipinski definition) is 4. The Hall–Kier alpha value is -1.81. The predicted octanol–water partition coefficient (Wildman–Crippen LogP) is 1.34. The normalized spacial score (nSPS) is 17.3. The zero-order valence-corrected chi connectivity index (χ0v) is 10.5. The van der Waals surface area contributed by atoms with E-state index in [1.807, 2.05) is 6.20 Å². The molecule has 1 N–H and O–H groups in total. The van der Waals surface area contributed by atoms with Gasteiger partial charge in [-0.3, -0.25) is 4.79 Å². The Balaban J connectivity index is 1.97. The predicted molar refractivity (Wildman–Crippen MR) is 70.6 cm³/mol. The first kappa shape index (κ1) is 12.6. The topological polar surface area (TPSA) is 43.8 Å². The van der Waals surface area contributed by atoms with Crippen LogP contribution in [-0.4, -0.2) is 53.9 Å². The molecule has 1 aromatic carbocycles. The van der Waals surface area contributed by atoms with E-state index < -0.39 is 0 Å². The van der Waals surface area contributed by atoms with E-state index in [0.717, 1.165) is 26.2 Å². The van der Waals surface area contributed by atoms with Crippen molar-refractivity contribution >= 4 is 5.78 Å². The quantitative estimate of drug-likeness (QED) is 0.645. The van der Waals surface area contributed by atoms with E-state index in [9.17, 15) is 9.90 Å². The molecule has 1 saturated heterocycles. The van der Waals surface area contributed by atoms with Gasteiger partial charge in [0, 0.05) is 38.5 Å². The molecule has 0 aliphatic carbocycles. The fourth-order valence-electron chi connectivity index (χ4n) is 1.92. The van der Waals surface area contributed by atoms with Gasteiger partial charge < -0.3 is 14.9 Å². The number of aromatic hydroxyl groups is 1. The molecule has 0 atom stereocenters. The number of benzene rings is 1. The highest BCUT2D eigenvalue weighted by molar-refractivity contribution is 6.06. The number of likely N-dealkylation sites (N-methyl/N-ethyl adjacent to an activating group) is 1. The highest BCUT2D eigenvalue weighted by Crippen LogP contribution is 2.16. The second-order valence-electron chi connectivity index (χ2n) is 4.54. The molecule has 1 fully saturated rings. The Morgan fingerprint density at radius 3 is 2.56 bits per heavy atom. The molecular weight excluding hydrogens is 228 g/mol. The summed E-state index contributed by atoms with van der Waals surface area (Å²) >= 11 is 0. The molecule has 0 radical (unpaired) electrons. The summed E-state index contributed by atoms with van der Waals surface area (Å²) in [5, 5.41) is 9.58. The minimum Gasteiger partial charge on any atom is -0.507 e. The van der Waals surface area contributed by atoms with E-state index in [1.165, 1.54) is 12.1 Å². The van der Waals surface area contributed by atoms with Crippen molar-refractivity contribution in [1.82, 2.24) is 9.80 Å². The second kappa shape index (κ2) is 5.69. The summed E-state index contributed by atoms with van der Waals surface area (Å²) in [4.78, 5) is 16.3. The van der Waals surface area contributed by atoms with Crippen LogP contribution >= 0.6 is 0 Å². The molecule has 1 aliphatic rings. The summed E-state index contributed by atoms with van der Waals surface area (Å²) < 4.78 is 0. The summed E-state index contributed by atoms with van der Waals surface area (Å²) in [5.74, 6) is -0.127. The number of piperazine rings is 1. The summed E-state index contributed by atoms with van der Waals surface area (Å²) in [6, 6.07) is 6.61. The monoisotopic (exact) mass is 246 g/mol. The zero-order chi connectivity index (χ0) is 13.0. The van der Waals surface area contributed by atoms with Crippen LogP contribution in [-0.2, 0) is 0 Å². The van der Waals surface area contributed by atoms with Crippen LogP contribution in [0.25, 0.3) is 0 Å². The lowest BCUT2D eigenvalue weighted by Crippen LogP contribution is -2.41. The maximum absolute atomic E-state index is 11.9. The third-order valence-electron chi connectivity index (χ3n) is 3.14. The van der Waals surface area contributed by atoms with Crippen molar-refractivity contribution in [1.29, 1.82) is 0 Å². The van der Waals surface area contributed by atoms with Crippen molar-refractivity contribution in [3.8, 4) is 5.75 Å². The first-order valence-corrected chi connectivity index (χ1v) is 6.10. The van der Waals surface area contributed by atoms with Crippen molar-refractivity contribution in [2.75, 3.05) is 33.2 Å². The molecule has 96 valence electrons. The Kier molecular flexibility index (Phi) is 3.99. The number of phenolic OH excluding ortho intramolecular Hbond substituents is 1. The largest absolute Gasteiger partial charge is 0.507 e. The molecule has 4 nitrogen and oxygen atoms in total. The standard InChI is InChI=1S/C14H18N2O2/c1-15-8-10-16(11-9-15)7-6-14(18)12-4-2-3-5-13(12)17/h2-7,17H,8-11H2,1H3/b7-6+. The van der Waals surface area contributed by atoms with Crippen molar-refractivity contribution in [2.24, 2.45) is 0 Å². The van der Waals surface area contributed by atoms with E-state index in [-0.39, 0.29) is 11.5 Å². The Morgan fingerprint density at radius 1 is 1.22 bits per heavy atom. The number of para-hydroxylation sites is 1. The van der Waals surface area contributed by atoms with E-state index in [0.29, 0.717) is 5.56 Å². The molecule has 0 aromatic heterocycles. The molecule has 2 rings (SSSR count). The van der Waals surface area contributed by atoms with Crippen LogP contribution in [0.3, 0.4) is 0 Å². The molecule has 0 amide bonds. The molecule has 0 spiro atoms. The van der Waals surface area contributed by atoms with Crippen molar-refractivity contribution in [3.05, 3.63) is 42.1 Å². The van der Waals surface area contributed by atoms with Gasteiger partial charge in [-0.05, 0) is 19.2 Å². The molecule has 0 unspecified atom stereocenters. The highest BCUT2D eigenvalue weighted by Gasteiger charge is 2.11. The maximum Gasteiger partial charge on any atom is 0.190 e. The Labute approximate surface area is 107 Å². The molecule has 1 heterocycles. The number of ketones is 1. The van der Waals surface area contributed by atoms with E-state index >= 15 is 0 Å². The van der Waals surface area contributed by atoms with Crippen LogP contribution in [0.15, 0.2) is 36.5 Å². The van der Waals surface area contributed by atoms with Gasteiger partial charge in [0.15, 0.2) is 5.78 Å². The minimum absolute atomic E-state index is 0.0329. The first-order valence-electron chi connectivity index (χ1n) is 6.10. The van der Waals surface area contributed by atoms with E-state index in [2.05, 4.69) is 16.8 Å².